The lowest BCUT2D eigenvalue weighted by Crippen LogP contribution is -1.78. The summed E-state index contributed by atoms with van der Waals surface area (Å²) in [5.74, 6) is 1.40. The van der Waals surface area contributed by atoms with E-state index in [2.05, 4.69) is 4.98 Å². The van der Waals surface area contributed by atoms with Gasteiger partial charge < -0.3 is 4.42 Å². The average molecular weight is 208 g/mol. The number of nitrogens with zero attached hydrogens (tertiary/aromatic N) is 1. The maximum atomic E-state index is 6.03. The number of fused-ring (bicyclic) bond motifs is 1. The molecule has 0 unspecified atom stereocenters. The summed E-state index contributed by atoms with van der Waals surface area (Å²) >= 11 is 6.03. The summed E-state index contributed by atoms with van der Waals surface area (Å²) in [6.07, 6.45) is 2.40. The minimum atomic E-state index is 0.540. The second-order valence-corrected chi connectivity index (χ2v) is 4.28. The molecule has 1 aromatic heterocycles. The first-order valence-corrected chi connectivity index (χ1v) is 5.19. The van der Waals surface area contributed by atoms with Crippen LogP contribution in [-0.4, -0.2) is 4.98 Å². The van der Waals surface area contributed by atoms with Crippen molar-refractivity contribution in [3.8, 4) is 0 Å². The SMILES string of the molecule is Cc1ccc(Cl)c2oc(C3CC3)nc12. The monoisotopic (exact) mass is 207 g/mol. The predicted molar refractivity (Wildman–Crippen MR) is 55.7 cm³/mol. The summed E-state index contributed by atoms with van der Waals surface area (Å²) in [7, 11) is 0. The highest BCUT2D eigenvalue weighted by atomic mass is 35.5. The third kappa shape index (κ3) is 1.14. The van der Waals surface area contributed by atoms with Gasteiger partial charge in [-0.25, -0.2) is 4.98 Å². The molecule has 0 bridgehead atoms. The van der Waals surface area contributed by atoms with Gasteiger partial charge in [-0.1, -0.05) is 17.7 Å². The fraction of sp³-hybridized carbons (Fsp3) is 0.364. The van der Waals surface area contributed by atoms with Gasteiger partial charge in [-0.05, 0) is 31.4 Å². The molecule has 1 heterocycles. The van der Waals surface area contributed by atoms with Crippen LogP contribution in [0.15, 0.2) is 16.5 Å². The molecule has 0 radical (unpaired) electrons. The van der Waals surface area contributed by atoms with E-state index in [1.54, 1.807) is 0 Å². The lowest BCUT2D eigenvalue weighted by molar-refractivity contribution is 0.533. The number of hydrogen-bond donors (Lipinski definition) is 0. The molecule has 14 heavy (non-hydrogen) atoms. The van der Waals surface area contributed by atoms with Crippen molar-refractivity contribution in [3.63, 3.8) is 0 Å². The molecule has 1 aliphatic rings. The molecule has 0 spiro atoms. The van der Waals surface area contributed by atoms with Gasteiger partial charge in [0, 0.05) is 5.92 Å². The molecule has 1 aromatic carbocycles. The lowest BCUT2D eigenvalue weighted by atomic mass is 10.2. The van der Waals surface area contributed by atoms with Crippen LogP contribution in [-0.2, 0) is 0 Å². The molecule has 3 heteroatoms. The molecule has 0 aliphatic heterocycles. The van der Waals surface area contributed by atoms with Gasteiger partial charge in [-0.15, -0.1) is 0 Å². The van der Waals surface area contributed by atoms with Crippen LogP contribution in [0.1, 0.15) is 30.2 Å². The molecule has 0 atom stereocenters. The normalized spacial score (nSPS) is 16.4. The number of oxazole rings is 1. The van der Waals surface area contributed by atoms with Crippen LogP contribution >= 0.6 is 11.6 Å². The summed E-state index contributed by atoms with van der Waals surface area (Å²) in [4.78, 5) is 4.48. The van der Waals surface area contributed by atoms with Gasteiger partial charge >= 0.3 is 0 Å². The van der Waals surface area contributed by atoms with E-state index in [1.165, 1.54) is 12.8 Å². The zero-order valence-corrected chi connectivity index (χ0v) is 8.64. The van der Waals surface area contributed by atoms with Crippen molar-refractivity contribution in [2.45, 2.75) is 25.7 Å². The average Bonchev–Trinajstić information content (AvgIpc) is 2.92. The Morgan fingerprint density at radius 3 is 2.86 bits per heavy atom. The molecular formula is C11H10ClNO. The van der Waals surface area contributed by atoms with Gasteiger partial charge in [0.1, 0.15) is 5.52 Å². The molecule has 2 nitrogen and oxygen atoms in total. The van der Waals surface area contributed by atoms with Gasteiger partial charge in [-0.2, -0.15) is 0 Å². The van der Waals surface area contributed by atoms with Crippen LogP contribution in [0, 0.1) is 6.92 Å². The molecule has 2 aromatic rings. The number of aromatic nitrogens is 1. The zero-order valence-electron chi connectivity index (χ0n) is 7.88. The quantitative estimate of drug-likeness (QED) is 0.713. The molecular weight excluding hydrogens is 198 g/mol. The van der Waals surface area contributed by atoms with Crippen molar-refractivity contribution in [3.05, 3.63) is 28.6 Å². The minimum Gasteiger partial charge on any atom is -0.439 e. The van der Waals surface area contributed by atoms with Gasteiger partial charge in [0.05, 0.1) is 5.02 Å². The number of halogens is 1. The van der Waals surface area contributed by atoms with E-state index in [0.717, 1.165) is 22.6 Å². The molecule has 1 fully saturated rings. The van der Waals surface area contributed by atoms with Crippen molar-refractivity contribution in [1.29, 1.82) is 0 Å². The van der Waals surface area contributed by atoms with Crippen molar-refractivity contribution in [1.82, 2.24) is 4.98 Å². The Morgan fingerprint density at radius 2 is 2.21 bits per heavy atom. The summed E-state index contributed by atoms with van der Waals surface area (Å²) in [5, 5.41) is 0.657. The first kappa shape index (κ1) is 8.30. The van der Waals surface area contributed by atoms with Gasteiger partial charge in [0.25, 0.3) is 0 Å². The zero-order chi connectivity index (χ0) is 9.71. The Kier molecular flexibility index (Phi) is 1.62. The van der Waals surface area contributed by atoms with Crippen molar-refractivity contribution < 1.29 is 4.42 Å². The van der Waals surface area contributed by atoms with E-state index >= 15 is 0 Å². The van der Waals surface area contributed by atoms with E-state index in [9.17, 15) is 0 Å². The number of aryl methyl sites for hydroxylation is 1. The molecule has 1 aliphatic carbocycles. The van der Waals surface area contributed by atoms with Crippen LogP contribution in [0.25, 0.3) is 11.1 Å². The molecule has 0 saturated heterocycles. The predicted octanol–water partition coefficient (Wildman–Crippen LogP) is 3.67. The van der Waals surface area contributed by atoms with Crippen molar-refractivity contribution in [2.75, 3.05) is 0 Å². The first-order valence-electron chi connectivity index (χ1n) is 4.81. The summed E-state index contributed by atoms with van der Waals surface area (Å²) in [6, 6.07) is 3.84. The molecule has 0 N–H and O–H groups in total. The number of rotatable bonds is 1. The van der Waals surface area contributed by atoms with Crippen LogP contribution < -0.4 is 0 Å². The van der Waals surface area contributed by atoms with E-state index in [4.69, 9.17) is 16.0 Å². The number of hydrogen-bond acceptors (Lipinski definition) is 2. The second-order valence-electron chi connectivity index (χ2n) is 3.87. The Hall–Kier alpha value is -1.02. The van der Waals surface area contributed by atoms with E-state index in [1.807, 2.05) is 19.1 Å². The van der Waals surface area contributed by atoms with E-state index in [0.29, 0.717) is 10.9 Å². The van der Waals surface area contributed by atoms with Gasteiger partial charge in [0.2, 0.25) is 0 Å². The van der Waals surface area contributed by atoms with Gasteiger partial charge in [0.15, 0.2) is 11.5 Å². The van der Waals surface area contributed by atoms with E-state index in [-0.39, 0.29) is 0 Å². The maximum Gasteiger partial charge on any atom is 0.198 e. The summed E-state index contributed by atoms with van der Waals surface area (Å²) in [5.41, 5.74) is 2.79. The van der Waals surface area contributed by atoms with E-state index < -0.39 is 0 Å². The fourth-order valence-electron chi connectivity index (χ4n) is 1.62. The first-order chi connectivity index (χ1) is 6.75. The van der Waals surface area contributed by atoms with Crippen LogP contribution in [0.2, 0.25) is 5.02 Å². The number of benzene rings is 1. The largest absolute Gasteiger partial charge is 0.439 e. The summed E-state index contributed by atoms with van der Waals surface area (Å²) in [6.45, 7) is 2.03. The highest BCUT2D eigenvalue weighted by Crippen LogP contribution is 2.41. The molecule has 3 rings (SSSR count). The highest BCUT2D eigenvalue weighted by Gasteiger charge is 2.29. The molecule has 0 amide bonds. The third-order valence-corrected chi connectivity index (χ3v) is 2.94. The standard InChI is InChI=1S/C11H10ClNO/c1-6-2-5-8(12)10-9(6)13-11(14-10)7-3-4-7/h2,5,7H,3-4H2,1H3. The molecule has 72 valence electrons. The van der Waals surface area contributed by atoms with Crippen LogP contribution in [0.3, 0.4) is 0 Å². The lowest BCUT2D eigenvalue weighted by Gasteiger charge is -1.93. The Balaban J connectivity index is 2.30. The van der Waals surface area contributed by atoms with Crippen molar-refractivity contribution in [2.24, 2.45) is 0 Å². The third-order valence-electron chi connectivity index (χ3n) is 2.64. The topological polar surface area (TPSA) is 26.0 Å². The van der Waals surface area contributed by atoms with Gasteiger partial charge in [-0.3, -0.25) is 0 Å². The Morgan fingerprint density at radius 1 is 1.43 bits per heavy atom. The van der Waals surface area contributed by atoms with Crippen LogP contribution in [0.5, 0.6) is 0 Å². The van der Waals surface area contributed by atoms with Crippen molar-refractivity contribution >= 4 is 22.7 Å². The summed E-state index contributed by atoms with van der Waals surface area (Å²) < 4.78 is 5.66. The maximum absolute atomic E-state index is 6.03. The second kappa shape index (κ2) is 2.74. The van der Waals surface area contributed by atoms with Crippen LogP contribution in [0.4, 0.5) is 0 Å². The smallest absolute Gasteiger partial charge is 0.198 e. The Labute approximate surface area is 86.9 Å². The minimum absolute atomic E-state index is 0.540. The molecule has 1 saturated carbocycles. The highest BCUT2D eigenvalue weighted by molar-refractivity contribution is 6.34. The Bertz CT molecular complexity index is 460. The fourth-order valence-corrected chi connectivity index (χ4v) is 1.81.